The van der Waals surface area contributed by atoms with Crippen LogP contribution in [-0.4, -0.2) is 44.8 Å². The summed E-state index contributed by atoms with van der Waals surface area (Å²) in [6, 6.07) is 9.27. The van der Waals surface area contributed by atoms with Crippen molar-refractivity contribution in [3.8, 4) is 5.75 Å². The lowest BCUT2D eigenvalue weighted by molar-refractivity contribution is -0.136. The summed E-state index contributed by atoms with van der Waals surface area (Å²) in [5.74, 6) is -0.835. The average Bonchev–Trinajstić information content (AvgIpc) is 2.74. The molecule has 2 amide bonds. The van der Waals surface area contributed by atoms with E-state index in [1.165, 1.54) is 30.3 Å². The normalized spacial score (nSPS) is 14.8. The number of hydrogen-bond donors (Lipinski definition) is 2. The van der Waals surface area contributed by atoms with Crippen molar-refractivity contribution in [2.45, 2.75) is 24.7 Å². The molecule has 1 saturated heterocycles. The highest BCUT2D eigenvalue weighted by molar-refractivity contribution is 7.92. The molecule has 31 heavy (non-hydrogen) atoms. The molecule has 1 aliphatic rings. The van der Waals surface area contributed by atoms with Crippen molar-refractivity contribution in [2.75, 3.05) is 24.4 Å². The van der Waals surface area contributed by atoms with Crippen molar-refractivity contribution in [1.82, 2.24) is 4.90 Å². The average molecular weight is 450 g/mol. The molecule has 2 aromatic carbocycles. The number of carbonyl (C=O) groups is 2. The van der Waals surface area contributed by atoms with Crippen LogP contribution in [0.2, 0.25) is 0 Å². The molecular formula is C21H24FN3O5S. The lowest BCUT2D eigenvalue weighted by Crippen LogP contribution is -2.43. The number of carbonyl (C=O) groups excluding carboxylic acids is 2. The number of piperidine rings is 1. The third kappa shape index (κ3) is 5.72. The van der Waals surface area contributed by atoms with Gasteiger partial charge in [-0.3, -0.25) is 14.3 Å². The second-order valence-electron chi connectivity index (χ2n) is 7.39. The summed E-state index contributed by atoms with van der Waals surface area (Å²) in [5, 5.41) is 0. The Morgan fingerprint density at radius 2 is 1.81 bits per heavy atom. The third-order valence-electron chi connectivity index (χ3n) is 5.15. The predicted molar refractivity (Wildman–Crippen MR) is 112 cm³/mol. The quantitative estimate of drug-likeness (QED) is 0.671. The summed E-state index contributed by atoms with van der Waals surface area (Å²) in [7, 11) is -3.87. The number of sulfonamides is 1. The third-order valence-corrected chi connectivity index (χ3v) is 6.53. The first-order valence-electron chi connectivity index (χ1n) is 9.74. The molecule has 8 nitrogen and oxygen atoms in total. The molecule has 1 heterocycles. The second-order valence-corrected chi connectivity index (χ2v) is 9.07. The number of benzene rings is 2. The highest BCUT2D eigenvalue weighted by Crippen LogP contribution is 2.24. The van der Waals surface area contributed by atoms with E-state index in [2.05, 4.69) is 4.72 Å². The van der Waals surface area contributed by atoms with Gasteiger partial charge < -0.3 is 15.4 Å². The second kappa shape index (κ2) is 9.34. The van der Waals surface area contributed by atoms with Crippen molar-refractivity contribution < 1.29 is 27.1 Å². The van der Waals surface area contributed by atoms with Crippen LogP contribution in [0.25, 0.3) is 0 Å². The van der Waals surface area contributed by atoms with Gasteiger partial charge in [-0.25, -0.2) is 12.8 Å². The molecule has 0 spiro atoms. The number of nitrogens with one attached hydrogen (secondary N) is 1. The summed E-state index contributed by atoms with van der Waals surface area (Å²) >= 11 is 0. The minimum atomic E-state index is -3.87. The number of halogens is 1. The molecule has 3 rings (SSSR count). The number of hydrogen-bond acceptors (Lipinski definition) is 5. The number of amides is 2. The summed E-state index contributed by atoms with van der Waals surface area (Å²) < 4.78 is 46.1. The molecule has 1 fully saturated rings. The van der Waals surface area contributed by atoms with E-state index in [1.54, 1.807) is 11.8 Å². The van der Waals surface area contributed by atoms with Crippen molar-refractivity contribution in [2.24, 2.45) is 11.7 Å². The number of ether oxygens (including phenoxy) is 1. The molecule has 0 atom stereocenters. The molecule has 0 aromatic heterocycles. The lowest BCUT2D eigenvalue weighted by atomic mass is 9.96. The topological polar surface area (TPSA) is 119 Å². The molecule has 3 N–H and O–H groups in total. The van der Waals surface area contributed by atoms with Crippen LogP contribution in [0.15, 0.2) is 47.4 Å². The van der Waals surface area contributed by atoms with Gasteiger partial charge in [0.15, 0.2) is 6.61 Å². The van der Waals surface area contributed by atoms with Crippen LogP contribution in [0.1, 0.15) is 18.4 Å². The van der Waals surface area contributed by atoms with Gasteiger partial charge in [0.1, 0.15) is 11.6 Å². The van der Waals surface area contributed by atoms with E-state index >= 15 is 0 Å². The minimum Gasteiger partial charge on any atom is -0.483 e. The van der Waals surface area contributed by atoms with Crippen molar-refractivity contribution in [3.63, 3.8) is 0 Å². The maximum atomic E-state index is 13.0. The number of primary amides is 1. The van der Waals surface area contributed by atoms with Gasteiger partial charge in [-0.1, -0.05) is 0 Å². The van der Waals surface area contributed by atoms with Crippen LogP contribution >= 0.6 is 0 Å². The van der Waals surface area contributed by atoms with E-state index in [4.69, 9.17) is 10.5 Å². The molecule has 2 aromatic rings. The first kappa shape index (κ1) is 22.5. The van der Waals surface area contributed by atoms with Crippen LogP contribution in [0, 0.1) is 18.7 Å². The Hall–Kier alpha value is -3.14. The van der Waals surface area contributed by atoms with Crippen molar-refractivity contribution in [3.05, 3.63) is 53.8 Å². The number of nitrogens with two attached hydrogens (primary N) is 1. The maximum absolute atomic E-state index is 13.0. The maximum Gasteiger partial charge on any atom is 0.261 e. The number of rotatable bonds is 7. The lowest BCUT2D eigenvalue weighted by Gasteiger charge is -2.30. The number of anilines is 1. The van der Waals surface area contributed by atoms with E-state index in [-0.39, 0.29) is 34.9 Å². The van der Waals surface area contributed by atoms with Crippen LogP contribution in [-0.2, 0) is 19.6 Å². The fourth-order valence-corrected chi connectivity index (χ4v) is 4.47. The molecule has 1 aliphatic heterocycles. The Morgan fingerprint density at radius 1 is 1.16 bits per heavy atom. The fraction of sp³-hybridized carbons (Fsp3) is 0.333. The van der Waals surface area contributed by atoms with Gasteiger partial charge in [0.2, 0.25) is 5.91 Å². The predicted octanol–water partition coefficient (Wildman–Crippen LogP) is 2.04. The van der Waals surface area contributed by atoms with Crippen LogP contribution in [0.5, 0.6) is 5.75 Å². The number of nitrogens with zero attached hydrogens (tertiary/aromatic N) is 1. The highest BCUT2D eigenvalue weighted by Gasteiger charge is 2.26. The van der Waals surface area contributed by atoms with Gasteiger partial charge in [-0.2, -0.15) is 0 Å². The van der Waals surface area contributed by atoms with Gasteiger partial charge in [0.05, 0.1) is 4.90 Å². The van der Waals surface area contributed by atoms with E-state index in [1.807, 2.05) is 0 Å². The van der Waals surface area contributed by atoms with E-state index in [9.17, 15) is 22.4 Å². The van der Waals surface area contributed by atoms with Gasteiger partial charge in [-0.05, 0) is 67.8 Å². The van der Waals surface area contributed by atoms with E-state index in [0.717, 1.165) is 12.1 Å². The molecule has 166 valence electrons. The molecule has 0 aliphatic carbocycles. The Morgan fingerprint density at radius 3 is 2.39 bits per heavy atom. The Labute approximate surface area is 180 Å². The van der Waals surface area contributed by atoms with Crippen molar-refractivity contribution in [1.29, 1.82) is 0 Å². The van der Waals surface area contributed by atoms with Gasteiger partial charge in [0, 0.05) is 24.7 Å². The van der Waals surface area contributed by atoms with Crippen LogP contribution in [0.3, 0.4) is 0 Å². The van der Waals surface area contributed by atoms with E-state index in [0.29, 0.717) is 37.2 Å². The zero-order chi connectivity index (χ0) is 22.6. The minimum absolute atomic E-state index is 0.0153. The molecular weight excluding hydrogens is 425 g/mol. The van der Waals surface area contributed by atoms with E-state index < -0.39 is 15.8 Å². The molecule has 0 saturated carbocycles. The molecule has 0 bridgehead atoms. The Bertz CT molecular complexity index is 1060. The SMILES string of the molecule is Cc1cc(S(=O)(=O)Nc2ccc(F)cc2)ccc1OCC(=O)N1CCC(C(N)=O)CC1. The Balaban J connectivity index is 1.59. The number of likely N-dealkylation sites (tertiary alicyclic amines) is 1. The fourth-order valence-electron chi connectivity index (χ4n) is 3.33. The summed E-state index contributed by atoms with van der Waals surface area (Å²) in [5.41, 5.74) is 6.09. The number of aryl methyl sites for hydroxylation is 1. The summed E-state index contributed by atoms with van der Waals surface area (Å²) in [6.07, 6.45) is 1.07. The van der Waals surface area contributed by atoms with Gasteiger partial charge >= 0.3 is 0 Å². The standard InChI is InChI=1S/C21H24FN3O5S/c1-14-12-18(31(28,29)24-17-4-2-16(22)3-5-17)6-7-19(14)30-13-20(26)25-10-8-15(9-11-25)21(23)27/h2-7,12,15,24H,8-11,13H2,1H3,(H2,23,27). The van der Waals surface area contributed by atoms with Crippen LogP contribution < -0.4 is 15.2 Å². The first-order valence-corrected chi connectivity index (χ1v) is 11.2. The van der Waals surface area contributed by atoms with Crippen molar-refractivity contribution >= 4 is 27.5 Å². The van der Waals surface area contributed by atoms with Gasteiger partial charge in [-0.15, -0.1) is 0 Å². The zero-order valence-electron chi connectivity index (χ0n) is 17.0. The Kier molecular flexibility index (Phi) is 6.79. The van der Waals surface area contributed by atoms with Gasteiger partial charge in [0.25, 0.3) is 15.9 Å². The first-order chi connectivity index (χ1) is 14.7. The smallest absolute Gasteiger partial charge is 0.261 e. The van der Waals surface area contributed by atoms with Crippen LogP contribution in [0.4, 0.5) is 10.1 Å². The highest BCUT2D eigenvalue weighted by atomic mass is 32.2. The summed E-state index contributed by atoms with van der Waals surface area (Å²) in [4.78, 5) is 25.2. The molecule has 10 heteroatoms. The molecule has 0 radical (unpaired) electrons. The molecule has 0 unspecified atom stereocenters. The monoisotopic (exact) mass is 449 g/mol. The zero-order valence-corrected chi connectivity index (χ0v) is 17.8. The summed E-state index contributed by atoms with van der Waals surface area (Å²) in [6.45, 7) is 2.37. The largest absolute Gasteiger partial charge is 0.483 e.